The van der Waals surface area contributed by atoms with E-state index >= 15 is 0 Å². The minimum absolute atomic E-state index is 0.0371. The van der Waals surface area contributed by atoms with Gasteiger partial charge in [0.1, 0.15) is 0 Å². The Morgan fingerprint density at radius 2 is 2.07 bits per heavy atom. The molecule has 1 fully saturated rings. The van der Waals surface area contributed by atoms with E-state index in [1.165, 1.54) is 6.42 Å². The first-order valence-electron chi connectivity index (χ1n) is 5.99. The normalized spacial score (nSPS) is 17.3. The molecule has 0 atom stereocenters. The Morgan fingerprint density at radius 1 is 1.47 bits per heavy atom. The van der Waals surface area contributed by atoms with Crippen LogP contribution < -0.4 is 5.73 Å². The maximum Gasteiger partial charge on any atom is 0.225 e. The van der Waals surface area contributed by atoms with Crippen LogP contribution in [0.2, 0.25) is 0 Å². The van der Waals surface area contributed by atoms with E-state index in [1.54, 1.807) is 0 Å². The van der Waals surface area contributed by atoms with Crippen LogP contribution in [-0.4, -0.2) is 30.4 Å². The number of carbonyl (C=O) groups excluding carboxylic acids is 1. The minimum Gasteiger partial charge on any atom is -0.342 e. The molecule has 1 aliphatic rings. The summed E-state index contributed by atoms with van der Waals surface area (Å²) < 4.78 is 0. The van der Waals surface area contributed by atoms with Crippen LogP contribution in [0.25, 0.3) is 0 Å². The maximum atomic E-state index is 12.0. The molecule has 1 amide bonds. The van der Waals surface area contributed by atoms with Crippen LogP contribution in [-0.2, 0) is 4.79 Å². The molecule has 3 nitrogen and oxygen atoms in total. The number of nitrogens with two attached hydrogens (primary N) is 1. The fourth-order valence-corrected chi connectivity index (χ4v) is 1.84. The Labute approximate surface area is 93.0 Å². The van der Waals surface area contributed by atoms with Crippen molar-refractivity contribution in [1.29, 1.82) is 0 Å². The second-order valence-corrected chi connectivity index (χ2v) is 5.35. The number of amides is 1. The molecule has 2 N–H and O–H groups in total. The lowest BCUT2D eigenvalue weighted by Crippen LogP contribution is -2.45. The Hall–Kier alpha value is -0.570. The third kappa shape index (κ3) is 3.20. The first-order chi connectivity index (χ1) is 7.00. The fraction of sp³-hybridized carbons (Fsp3) is 0.917. The zero-order chi connectivity index (χ0) is 11.5. The lowest BCUT2D eigenvalue weighted by atomic mass is 9.83. The second kappa shape index (κ2) is 4.97. The van der Waals surface area contributed by atoms with E-state index in [1.807, 2.05) is 11.8 Å². The van der Waals surface area contributed by atoms with E-state index in [2.05, 4.69) is 13.8 Å². The molecule has 0 radical (unpaired) electrons. The number of carbonyl (C=O) groups is 1. The molecule has 3 heteroatoms. The van der Waals surface area contributed by atoms with E-state index in [0.29, 0.717) is 18.4 Å². The number of nitrogens with zero attached hydrogens (tertiary/aromatic N) is 1. The van der Waals surface area contributed by atoms with Gasteiger partial charge in [0.2, 0.25) is 5.91 Å². The van der Waals surface area contributed by atoms with Crippen LogP contribution >= 0.6 is 0 Å². The van der Waals surface area contributed by atoms with Crippen molar-refractivity contribution in [3.63, 3.8) is 0 Å². The van der Waals surface area contributed by atoms with Gasteiger partial charge in [0.15, 0.2) is 0 Å². The molecule has 15 heavy (non-hydrogen) atoms. The highest BCUT2D eigenvalue weighted by atomic mass is 16.2. The minimum atomic E-state index is 0.0371. The topological polar surface area (TPSA) is 46.3 Å². The molecule has 88 valence electrons. The van der Waals surface area contributed by atoms with Crippen LogP contribution in [0.5, 0.6) is 0 Å². The summed E-state index contributed by atoms with van der Waals surface area (Å²) in [6.45, 7) is 8.49. The average Bonchev–Trinajstić information content (AvgIpc) is 2.11. The highest BCUT2D eigenvalue weighted by Gasteiger charge is 2.31. The van der Waals surface area contributed by atoms with Crippen molar-refractivity contribution < 1.29 is 4.79 Å². The first kappa shape index (κ1) is 12.5. The third-order valence-electron chi connectivity index (χ3n) is 3.32. The zero-order valence-electron chi connectivity index (χ0n) is 10.3. The van der Waals surface area contributed by atoms with Gasteiger partial charge in [0.25, 0.3) is 0 Å². The van der Waals surface area contributed by atoms with Crippen LogP contribution in [0.4, 0.5) is 0 Å². The molecule has 1 saturated carbocycles. The van der Waals surface area contributed by atoms with E-state index in [4.69, 9.17) is 5.73 Å². The Balaban J connectivity index is 2.50. The Morgan fingerprint density at radius 3 is 2.40 bits per heavy atom. The summed E-state index contributed by atoms with van der Waals surface area (Å²) in [6.07, 6.45) is 3.38. The van der Waals surface area contributed by atoms with Gasteiger partial charge in [0.05, 0.1) is 0 Å². The molecule has 0 aromatic rings. The van der Waals surface area contributed by atoms with Gasteiger partial charge in [-0.1, -0.05) is 20.3 Å². The van der Waals surface area contributed by atoms with Crippen molar-refractivity contribution in [2.45, 2.75) is 40.0 Å². The number of hydrogen-bond acceptors (Lipinski definition) is 2. The lowest BCUT2D eigenvalue weighted by molar-refractivity contribution is -0.139. The molecule has 1 aliphatic carbocycles. The second-order valence-electron chi connectivity index (χ2n) is 5.35. The summed E-state index contributed by atoms with van der Waals surface area (Å²) in [6, 6.07) is 0. The van der Waals surface area contributed by atoms with Crippen LogP contribution in [0.1, 0.15) is 40.0 Å². The third-order valence-corrected chi connectivity index (χ3v) is 3.32. The van der Waals surface area contributed by atoms with Crippen molar-refractivity contribution in [3.8, 4) is 0 Å². The van der Waals surface area contributed by atoms with E-state index < -0.39 is 0 Å². The largest absolute Gasteiger partial charge is 0.342 e. The highest BCUT2D eigenvalue weighted by molar-refractivity contribution is 5.79. The molecule has 0 unspecified atom stereocenters. The van der Waals surface area contributed by atoms with Crippen molar-refractivity contribution in [2.75, 3.05) is 19.6 Å². The lowest BCUT2D eigenvalue weighted by Gasteiger charge is -2.35. The van der Waals surface area contributed by atoms with Gasteiger partial charge in [-0.15, -0.1) is 0 Å². The molecule has 0 aromatic carbocycles. The molecule has 0 aromatic heterocycles. The van der Waals surface area contributed by atoms with Crippen molar-refractivity contribution in [1.82, 2.24) is 4.90 Å². The average molecular weight is 212 g/mol. The Kier molecular flexibility index (Phi) is 4.14. The standard InChI is InChI=1S/C12H24N2O/c1-4-14(9-12(2,3)8-13)11(15)10-6-5-7-10/h10H,4-9,13H2,1-3H3. The SMILES string of the molecule is CCN(CC(C)(C)CN)C(=O)C1CCC1. The molecule has 0 aliphatic heterocycles. The quantitative estimate of drug-likeness (QED) is 0.752. The van der Waals surface area contributed by atoms with Crippen molar-refractivity contribution in [2.24, 2.45) is 17.1 Å². The van der Waals surface area contributed by atoms with Crippen LogP contribution in [0.3, 0.4) is 0 Å². The molecule has 0 heterocycles. The predicted molar refractivity (Wildman–Crippen MR) is 62.4 cm³/mol. The highest BCUT2D eigenvalue weighted by Crippen LogP contribution is 2.29. The predicted octanol–water partition coefficient (Wildman–Crippen LogP) is 1.62. The summed E-state index contributed by atoms with van der Waals surface area (Å²) in [5.74, 6) is 0.642. The molecular formula is C12H24N2O. The molecular weight excluding hydrogens is 188 g/mol. The van der Waals surface area contributed by atoms with Crippen molar-refractivity contribution >= 4 is 5.91 Å². The van der Waals surface area contributed by atoms with E-state index in [-0.39, 0.29) is 5.41 Å². The summed E-state index contributed by atoms with van der Waals surface area (Å²) in [5.41, 5.74) is 5.73. The summed E-state index contributed by atoms with van der Waals surface area (Å²) in [4.78, 5) is 14.0. The van der Waals surface area contributed by atoms with Gasteiger partial charge in [-0.25, -0.2) is 0 Å². The summed E-state index contributed by atoms with van der Waals surface area (Å²) in [7, 11) is 0. The first-order valence-corrected chi connectivity index (χ1v) is 5.99. The Bertz CT molecular complexity index is 222. The molecule has 0 bridgehead atoms. The molecule has 0 spiro atoms. The molecule has 1 rings (SSSR count). The monoisotopic (exact) mass is 212 g/mol. The van der Waals surface area contributed by atoms with Crippen LogP contribution in [0, 0.1) is 11.3 Å². The smallest absolute Gasteiger partial charge is 0.225 e. The van der Waals surface area contributed by atoms with E-state index in [0.717, 1.165) is 25.9 Å². The van der Waals surface area contributed by atoms with Gasteiger partial charge in [-0.05, 0) is 31.7 Å². The van der Waals surface area contributed by atoms with E-state index in [9.17, 15) is 4.79 Å². The van der Waals surface area contributed by atoms with Gasteiger partial charge in [0, 0.05) is 19.0 Å². The molecule has 0 saturated heterocycles. The van der Waals surface area contributed by atoms with Gasteiger partial charge in [-0.2, -0.15) is 0 Å². The summed E-state index contributed by atoms with van der Waals surface area (Å²) >= 11 is 0. The van der Waals surface area contributed by atoms with Gasteiger partial charge < -0.3 is 10.6 Å². The number of rotatable bonds is 5. The summed E-state index contributed by atoms with van der Waals surface area (Å²) in [5, 5.41) is 0. The van der Waals surface area contributed by atoms with Gasteiger partial charge in [-0.3, -0.25) is 4.79 Å². The van der Waals surface area contributed by atoms with Crippen molar-refractivity contribution in [3.05, 3.63) is 0 Å². The fourth-order valence-electron chi connectivity index (χ4n) is 1.84. The number of hydrogen-bond donors (Lipinski definition) is 1. The van der Waals surface area contributed by atoms with Crippen LogP contribution in [0.15, 0.2) is 0 Å². The van der Waals surface area contributed by atoms with Gasteiger partial charge >= 0.3 is 0 Å². The maximum absolute atomic E-state index is 12.0. The zero-order valence-corrected chi connectivity index (χ0v) is 10.3.